The van der Waals surface area contributed by atoms with Gasteiger partial charge in [0.25, 0.3) is 0 Å². The van der Waals surface area contributed by atoms with Crippen molar-refractivity contribution in [2.75, 3.05) is 6.61 Å². The zero-order valence-corrected chi connectivity index (χ0v) is 10.2. The first-order valence-corrected chi connectivity index (χ1v) is 6.06. The van der Waals surface area contributed by atoms with E-state index in [-0.39, 0.29) is 16.4 Å². The predicted octanol–water partition coefficient (Wildman–Crippen LogP) is 2.31. The Balaban J connectivity index is 2.41. The van der Waals surface area contributed by atoms with Crippen molar-refractivity contribution in [3.8, 4) is 5.75 Å². The highest BCUT2D eigenvalue weighted by Gasteiger charge is 2.21. The standard InChI is InChI=1S/C15H8O5/c16-10-5-7-19-14-8-2-1-6-18-13(8)9-3-4-11(17)20-15(9)12(10)14/h1-5,7H,6H2. The molecule has 0 atom stereocenters. The number of fused-ring (bicyclic) bond motifs is 6. The van der Waals surface area contributed by atoms with Crippen LogP contribution >= 0.6 is 0 Å². The van der Waals surface area contributed by atoms with E-state index >= 15 is 0 Å². The summed E-state index contributed by atoms with van der Waals surface area (Å²) >= 11 is 0. The van der Waals surface area contributed by atoms with E-state index in [0.29, 0.717) is 28.9 Å². The lowest BCUT2D eigenvalue weighted by Crippen LogP contribution is -2.07. The second kappa shape index (κ2) is 3.84. The van der Waals surface area contributed by atoms with Gasteiger partial charge in [0.05, 0.1) is 17.2 Å². The van der Waals surface area contributed by atoms with Crippen molar-refractivity contribution >= 4 is 28.0 Å². The lowest BCUT2D eigenvalue weighted by molar-refractivity contribution is 0.362. The average Bonchev–Trinajstić information content (AvgIpc) is 2.47. The molecule has 0 aliphatic carbocycles. The van der Waals surface area contributed by atoms with Crippen LogP contribution in [0, 0.1) is 0 Å². The molecular formula is C15H8O5. The Morgan fingerprint density at radius 2 is 1.95 bits per heavy atom. The van der Waals surface area contributed by atoms with Gasteiger partial charge in [0.1, 0.15) is 17.7 Å². The molecule has 0 N–H and O–H groups in total. The molecule has 20 heavy (non-hydrogen) atoms. The number of rotatable bonds is 0. The van der Waals surface area contributed by atoms with E-state index in [0.717, 1.165) is 0 Å². The third-order valence-corrected chi connectivity index (χ3v) is 3.28. The van der Waals surface area contributed by atoms with Gasteiger partial charge in [0, 0.05) is 12.1 Å². The Morgan fingerprint density at radius 3 is 2.85 bits per heavy atom. The number of hydrogen-bond donors (Lipinski definition) is 0. The normalized spacial score (nSPS) is 13.4. The average molecular weight is 268 g/mol. The van der Waals surface area contributed by atoms with Crippen molar-refractivity contribution in [3.63, 3.8) is 0 Å². The van der Waals surface area contributed by atoms with Gasteiger partial charge in [-0.15, -0.1) is 0 Å². The van der Waals surface area contributed by atoms with Gasteiger partial charge < -0.3 is 13.6 Å². The molecule has 98 valence electrons. The maximum Gasteiger partial charge on any atom is 0.336 e. The fraction of sp³-hybridized carbons (Fsp3) is 0.0667. The Morgan fingerprint density at radius 1 is 1.05 bits per heavy atom. The van der Waals surface area contributed by atoms with Crippen molar-refractivity contribution in [2.45, 2.75) is 0 Å². The first kappa shape index (κ1) is 11.0. The fourth-order valence-corrected chi connectivity index (χ4v) is 2.46. The molecule has 1 aliphatic rings. The SMILES string of the molecule is O=c1ccc2c3c(c4occc(=O)c4c2o1)C=CCO3. The Labute approximate surface area is 111 Å². The van der Waals surface area contributed by atoms with Crippen LogP contribution in [-0.4, -0.2) is 6.61 Å². The van der Waals surface area contributed by atoms with Gasteiger partial charge in [-0.3, -0.25) is 4.79 Å². The fourth-order valence-electron chi connectivity index (χ4n) is 2.46. The number of benzene rings is 1. The van der Waals surface area contributed by atoms with Gasteiger partial charge in [-0.1, -0.05) is 0 Å². The summed E-state index contributed by atoms with van der Waals surface area (Å²) in [6, 6.07) is 4.21. The van der Waals surface area contributed by atoms with Crippen LogP contribution in [0.2, 0.25) is 0 Å². The van der Waals surface area contributed by atoms with E-state index in [4.69, 9.17) is 13.6 Å². The van der Waals surface area contributed by atoms with Gasteiger partial charge >= 0.3 is 5.63 Å². The van der Waals surface area contributed by atoms with Gasteiger partial charge in [-0.05, 0) is 18.2 Å². The Bertz CT molecular complexity index is 991. The van der Waals surface area contributed by atoms with Crippen LogP contribution < -0.4 is 15.8 Å². The molecule has 0 unspecified atom stereocenters. The minimum absolute atomic E-state index is 0.205. The molecule has 0 saturated heterocycles. The van der Waals surface area contributed by atoms with Crippen LogP contribution in [-0.2, 0) is 0 Å². The Kier molecular flexibility index (Phi) is 2.12. The highest BCUT2D eigenvalue weighted by atomic mass is 16.5. The summed E-state index contributed by atoms with van der Waals surface area (Å²) in [7, 11) is 0. The van der Waals surface area contributed by atoms with Crippen LogP contribution in [0.4, 0.5) is 0 Å². The molecule has 3 heterocycles. The number of ether oxygens (including phenoxy) is 1. The molecule has 1 aliphatic heterocycles. The summed E-state index contributed by atoms with van der Waals surface area (Å²) in [6.07, 6.45) is 4.99. The smallest absolute Gasteiger partial charge is 0.336 e. The Hall–Kier alpha value is -2.82. The van der Waals surface area contributed by atoms with Crippen LogP contribution in [0.1, 0.15) is 5.56 Å². The van der Waals surface area contributed by atoms with E-state index in [2.05, 4.69) is 0 Å². The zero-order valence-electron chi connectivity index (χ0n) is 10.2. The summed E-state index contributed by atoms with van der Waals surface area (Å²) in [4.78, 5) is 23.6. The molecule has 3 aromatic rings. The van der Waals surface area contributed by atoms with Gasteiger partial charge in [0.2, 0.25) is 0 Å². The second-order valence-corrected chi connectivity index (χ2v) is 4.44. The maximum absolute atomic E-state index is 12.1. The topological polar surface area (TPSA) is 69.7 Å². The van der Waals surface area contributed by atoms with E-state index in [1.165, 1.54) is 18.4 Å². The molecule has 0 spiro atoms. The third kappa shape index (κ3) is 1.37. The van der Waals surface area contributed by atoms with Crippen LogP contribution in [0.5, 0.6) is 5.75 Å². The van der Waals surface area contributed by atoms with Gasteiger partial charge in [-0.2, -0.15) is 0 Å². The minimum Gasteiger partial charge on any atom is -0.488 e. The zero-order chi connectivity index (χ0) is 13.7. The van der Waals surface area contributed by atoms with Crippen molar-refractivity contribution < 1.29 is 13.6 Å². The number of hydrogen-bond acceptors (Lipinski definition) is 5. The van der Waals surface area contributed by atoms with E-state index < -0.39 is 5.63 Å². The molecule has 1 aromatic carbocycles. The monoisotopic (exact) mass is 268 g/mol. The highest BCUT2D eigenvalue weighted by Crippen LogP contribution is 2.38. The summed E-state index contributed by atoms with van der Waals surface area (Å²) in [5.41, 5.74) is 0.479. The van der Waals surface area contributed by atoms with E-state index in [9.17, 15) is 9.59 Å². The molecule has 0 amide bonds. The quantitative estimate of drug-likeness (QED) is 0.462. The van der Waals surface area contributed by atoms with Crippen LogP contribution in [0.25, 0.3) is 28.0 Å². The predicted molar refractivity (Wildman–Crippen MR) is 73.1 cm³/mol. The summed E-state index contributed by atoms with van der Waals surface area (Å²) in [5.74, 6) is 0.563. The first-order valence-electron chi connectivity index (χ1n) is 6.06. The molecule has 4 rings (SSSR count). The molecule has 0 radical (unpaired) electrons. The second-order valence-electron chi connectivity index (χ2n) is 4.44. The van der Waals surface area contributed by atoms with Gasteiger partial charge in [-0.25, -0.2) is 4.79 Å². The minimum atomic E-state index is -0.520. The maximum atomic E-state index is 12.1. The van der Waals surface area contributed by atoms with Crippen LogP contribution in [0.15, 0.2) is 49.0 Å². The molecular weight excluding hydrogens is 260 g/mol. The highest BCUT2D eigenvalue weighted by molar-refractivity contribution is 6.09. The molecule has 0 bridgehead atoms. The van der Waals surface area contributed by atoms with Crippen LogP contribution in [0.3, 0.4) is 0 Å². The lowest BCUT2D eigenvalue weighted by Gasteiger charge is -2.15. The molecule has 0 saturated carbocycles. The lowest BCUT2D eigenvalue weighted by atomic mass is 10.0. The summed E-state index contributed by atoms with van der Waals surface area (Å²) in [6.45, 7) is 0.420. The molecule has 2 aromatic heterocycles. The van der Waals surface area contributed by atoms with Gasteiger partial charge in [0.15, 0.2) is 16.6 Å². The van der Waals surface area contributed by atoms with Crippen molar-refractivity contribution in [1.82, 2.24) is 0 Å². The summed E-state index contributed by atoms with van der Waals surface area (Å²) < 4.78 is 16.3. The molecule has 5 heteroatoms. The third-order valence-electron chi connectivity index (χ3n) is 3.28. The summed E-state index contributed by atoms with van der Waals surface area (Å²) in [5, 5.41) is 0.851. The largest absolute Gasteiger partial charge is 0.488 e. The van der Waals surface area contributed by atoms with Crippen molar-refractivity contribution in [2.24, 2.45) is 0 Å². The van der Waals surface area contributed by atoms with E-state index in [1.807, 2.05) is 12.2 Å². The van der Waals surface area contributed by atoms with E-state index in [1.54, 1.807) is 6.07 Å². The molecule has 0 fully saturated rings. The van der Waals surface area contributed by atoms with Crippen molar-refractivity contribution in [1.29, 1.82) is 0 Å². The molecule has 5 nitrogen and oxygen atoms in total. The first-order chi connectivity index (χ1) is 9.75. The van der Waals surface area contributed by atoms with Crippen molar-refractivity contribution in [3.05, 3.63) is 56.7 Å².